The number of carbonyl (C=O) groups excluding carboxylic acids is 5. The lowest BCUT2D eigenvalue weighted by atomic mass is 10.1. The van der Waals surface area contributed by atoms with E-state index in [1.54, 1.807) is 24.3 Å². The minimum atomic E-state index is -1.11. The van der Waals surface area contributed by atoms with Gasteiger partial charge in [-0.2, -0.15) is 0 Å². The van der Waals surface area contributed by atoms with Crippen molar-refractivity contribution >= 4 is 29.7 Å². The molecule has 0 unspecified atom stereocenters. The van der Waals surface area contributed by atoms with E-state index in [0.717, 1.165) is 11.1 Å². The van der Waals surface area contributed by atoms with E-state index in [1.165, 1.54) is 4.90 Å². The first-order valence-electron chi connectivity index (χ1n) is 17.6. The highest BCUT2D eigenvalue weighted by Gasteiger charge is 2.23. The topological polar surface area (TPSA) is 218 Å². The van der Waals surface area contributed by atoms with Gasteiger partial charge in [-0.3, -0.25) is 19.2 Å². The molecule has 3 aromatic carbocycles. The van der Waals surface area contributed by atoms with Gasteiger partial charge in [0.05, 0.1) is 12.8 Å². The fourth-order valence-electron chi connectivity index (χ4n) is 5.08. The van der Waals surface area contributed by atoms with E-state index in [4.69, 9.17) is 20.7 Å². The quantitative estimate of drug-likeness (QED) is 0.0453. The van der Waals surface area contributed by atoms with Crippen LogP contribution < -0.4 is 26.4 Å². The van der Waals surface area contributed by atoms with Crippen LogP contribution in [0.5, 0.6) is 5.75 Å². The highest BCUT2D eigenvalue weighted by molar-refractivity contribution is 5.92. The largest absolute Gasteiger partial charge is 0.489 e. The zero-order valence-electron chi connectivity index (χ0n) is 29.8. The molecule has 0 saturated carbocycles. The predicted molar refractivity (Wildman–Crippen MR) is 198 cm³/mol. The number of nitrogens with two attached hydrogens (primary N) is 1. The van der Waals surface area contributed by atoms with Gasteiger partial charge in [0.1, 0.15) is 25.0 Å². The Morgan fingerprint density at radius 3 is 2.04 bits per heavy atom. The molecule has 15 nitrogen and oxygen atoms in total. The summed E-state index contributed by atoms with van der Waals surface area (Å²) in [7, 11) is 0. The third kappa shape index (κ3) is 17.6. The van der Waals surface area contributed by atoms with E-state index < -0.39 is 29.9 Å². The number of nitrogens with zero attached hydrogens (tertiary/aromatic N) is 4. The van der Waals surface area contributed by atoms with Gasteiger partial charge < -0.3 is 36.1 Å². The van der Waals surface area contributed by atoms with Crippen molar-refractivity contribution in [3.8, 4) is 5.75 Å². The summed E-state index contributed by atoms with van der Waals surface area (Å²) in [6.07, 6.45) is 1.54. The Morgan fingerprint density at radius 1 is 0.755 bits per heavy atom. The van der Waals surface area contributed by atoms with Crippen LogP contribution >= 0.6 is 0 Å². The minimum absolute atomic E-state index is 0.00101. The number of primary amides is 1. The van der Waals surface area contributed by atoms with E-state index in [9.17, 15) is 24.0 Å². The minimum Gasteiger partial charge on any atom is -0.489 e. The first kappa shape index (κ1) is 41.3. The van der Waals surface area contributed by atoms with E-state index in [1.807, 2.05) is 60.7 Å². The first-order valence-corrected chi connectivity index (χ1v) is 17.6. The van der Waals surface area contributed by atoms with Crippen molar-refractivity contribution in [3.63, 3.8) is 0 Å². The van der Waals surface area contributed by atoms with Crippen LogP contribution in [0, 0.1) is 0 Å². The maximum Gasteiger partial charge on any atom is 0.410 e. The summed E-state index contributed by atoms with van der Waals surface area (Å²) >= 11 is 0. The summed E-state index contributed by atoms with van der Waals surface area (Å²) in [6, 6.07) is 24.9. The lowest BCUT2D eigenvalue weighted by Crippen LogP contribution is -2.49. The van der Waals surface area contributed by atoms with E-state index in [0.29, 0.717) is 56.7 Å². The molecule has 0 fully saturated rings. The molecular formula is C38H48N8O7. The number of benzene rings is 3. The van der Waals surface area contributed by atoms with Crippen molar-refractivity contribution in [2.75, 3.05) is 32.7 Å². The highest BCUT2D eigenvalue weighted by atomic mass is 16.6. The van der Waals surface area contributed by atoms with Gasteiger partial charge >= 0.3 is 6.09 Å². The van der Waals surface area contributed by atoms with Crippen molar-refractivity contribution < 1.29 is 33.4 Å². The number of carbonyl (C=O) groups is 5. The molecule has 0 radical (unpaired) electrons. The second-order valence-electron chi connectivity index (χ2n) is 12.2. The fraction of sp³-hybridized carbons (Fsp3) is 0.395. The molecule has 282 valence electrons. The number of azide groups is 1. The molecule has 0 heterocycles. The standard InChI is InChI=1S/C38H48N8O7/c39-34(47)26-33(44-36(49)25-29-15-17-32(18-16-29)52-27-30-11-4-1-5-12-30)37(50)42-21-9-3-8-20-41-35(48)19-24-46(23-10-22-43-45-40)38(51)53-28-31-13-6-2-7-14-31/h1-2,4-7,11-18,33H,3,8-10,19-28H2,(H2,39,47)(H,41,48)(H,42,50)(H,44,49)/t33-/m0/s1. The van der Waals surface area contributed by atoms with Gasteiger partial charge in [0.2, 0.25) is 23.6 Å². The van der Waals surface area contributed by atoms with Gasteiger partial charge in [0, 0.05) is 44.1 Å². The molecule has 5 amide bonds. The van der Waals surface area contributed by atoms with E-state index in [2.05, 4.69) is 26.0 Å². The third-order valence-electron chi connectivity index (χ3n) is 7.89. The Kier molecular flexibility index (Phi) is 18.9. The lowest BCUT2D eigenvalue weighted by molar-refractivity contribution is -0.131. The van der Waals surface area contributed by atoms with Crippen LogP contribution in [0.25, 0.3) is 10.4 Å². The van der Waals surface area contributed by atoms with E-state index >= 15 is 0 Å². The molecule has 3 aromatic rings. The van der Waals surface area contributed by atoms with Gasteiger partial charge in [0.25, 0.3) is 0 Å². The van der Waals surface area contributed by atoms with E-state index in [-0.39, 0.29) is 51.4 Å². The second-order valence-corrected chi connectivity index (χ2v) is 12.2. The number of rotatable bonds is 24. The normalized spacial score (nSPS) is 10.9. The summed E-state index contributed by atoms with van der Waals surface area (Å²) in [5.41, 5.74) is 16.4. The number of hydrogen-bond donors (Lipinski definition) is 4. The molecule has 3 rings (SSSR count). The average molecular weight is 729 g/mol. The van der Waals surface area contributed by atoms with Crippen molar-refractivity contribution in [1.82, 2.24) is 20.9 Å². The Bertz CT molecular complexity index is 1640. The number of amides is 5. The molecule has 0 aliphatic rings. The third-order valence-corrected chi connectivity index (χ3v) is 7.89. The van der Waals surface area contributed by atoms with Crippen LogP contribution in [0.3, 0.4) is 0 Å². The second kappa shape index (κ2) is 24.2. The zero-order valence-corrected chi connectivity index (χ0v) is 29.8. The average Bonchev–Trinajstić information content (AvgIpc) is 3.16. The van der Waals surface area contributed by atoms with Gasteiger partial charge in [-0.1, -0.05) is 77.9 Å². The highest BCUT2D eigenvalue weighted by Crippen LogP contribution is 2.15. The SMILES string of the molecule is [N-]=[N+]=NCCCN(CCC(=O)NCCCCCNC(=O)[C@H](CC(N)=O)NC(=O)Cc1ccc(OCc2ccccc2)cc1)C(=O)OCc1ccccc1. The molecule has 0 aliphatic heterocycles. The Morgan fingerprint density at radius 2 is 1.40 bits per heavy atom. The Hall–Kier alpha value is -6.08. The summed E-state index contributed by atoms with van der Waals surface area (Å²) in [5, 5.41) is 11.7. The lowest BCUT2D eigenvalue weighted by Gasteiger charge is -2.21. The van der Waals surface area contributed by atoms with Crippen LogP contribution in [-0.4, -0.2) is 73.4 Å². The van der Waals surface area contributed by atoms with Crippen molar-refractivity contribution in [2.45, 2.75) is 64.2 Å². The van der Waals surface area contributed by atoms with Crippen molar-refractivity contribution in [3.05, 3.63) is 112 Å². The van der Waals surface area contributed by atoms with Gasteiger partial charge in [-0.25, -0.2) is 4.79 Å². The maximum atomic E-state index is 12.8. The number of ether oxygens (including phenoxy) is 2. The van der Waals surface area contributed by atoms with Crippen molar-refractivity contribution in [2.24, 2.45) is 10.8 Å². The molecule has 53 heavy (non-hydrogen) atoms. The molecule has 0 saturated heterocycles. The van der Waals surface area contributed by atoms with Crippen LogP contribution in [0.2, 0.25) is 0 Å². The monoisotopic (exact) mass is 728 g/mol. The molecule has 0 aliphatic carbocycles. The summed E-state index contributed by atoms with van der Waals surface area (Å²) in [4.78, 5) is 66.5. The van der Waals surface area contributed by atoms with Crippen LogP contribution in [0.4, 0.5) is 4.79 Å². The van der Waals surface area contributed by atoms with Gasteiger partial charge in [-0.05, 0) is 60.0 Å². The van der Waals surface area contributed by atoms with Gasteiger partial charge in [0.15, 0.2) is 0 Å². The van der Waals surface area contributed by atoms with Crippen LogP contribution in [-0.2, 0) is 43.5 Å². The number of nitrogens with one attached hydrogen (secondary N) is 3. The first-order chi connectivity index (χ1) is 25.7. The Balaban J connectivity index is 1.32. The maximum absolute atomic E-state index is 12.8. The molecule has 0 bridgehead atoms. The summed E-state index contributed by atoms with van der Waals surface area (Å²) in [5.74, 6) is -1.24. The molecule has 5 N–H and O–H groups in total. The number of hydrogen-bond acceptors (Lipinski definition) is 8. The molecule has 0 spiro atoms. The zero-order chi connectivity index (χ0) is 38.1. The molecular weight excluding hydrogens is 680 g/mol. The van der Waals surface area contributed by atoms with Crippen molar-refractivity contribution in [1.29, 1.82) is 0 Å². The Labute approximate surface area is 309 Å². The fourth-order valence-corrected chi connectivity index (χ4v) is 5.08. The van der Waals surface area contributed by atoms with Gasteiger partial charge in [-0.15, -0.1) is 0 Å². The smallest absolute Gasteiger partial charge is 0.410 e. The molecule has 1 atom stereocenters. The molecule has 0 aromatic heterocycles. The summed E-state index contributed by atoms with van der Waals surface area (Å²) in [6.45, 7) is 1.85. The number of unbranched alkanes of at least 4 members (excludes halogenated alkanes) is 2. The predicted octanol–water partition coefficient (Wildman–Crippen LogP) is 4.30. The molecule has 15 heteroatoms. The summed E-state index contributed by atoms with van der Waals surface area (Å²) < 4.78 is 11.2. The van der Waals surface area contributed by atoms with Crippen LogP contribution in [0.15, 0.2) is 90.0 Å². The van der Waals surface area contributed by atoms with Crippen LogP contribution in [0.1, 0.15) is 55.2 Å².